The summed E-state index contributed by atoms with van der Waals surface area (Å²) < 4.78 is 28.5. The van der Waals surface area contributed by atoms with Gasteiger partial charge in [-0.1, -0.05) is 11.6 Å². The number of carbonyl (C=O) groups is 1. The van der Waals surface area contributed by atoms with Gasteiger partial charge in [0.1, 0.15) is 5.82 Å². The predicted octanol–water partition coefficient (Wildman–Crippen LogP) is 5.66. The van der Waals surface area contributed by atoms with Crippen LogP contribution in [0.25, 0.3) is 22.4 Å². The minimum Gasteiger partial charge on any atom is -0.327 e. The maximum atomic E-state index is 13.3. The highest BCUT2D eigenvalue weighted by atomic mass is 35.5. The molecule has 1 N–H and O–H groups in total. The van der Waals surface area contributed by atoms with Gasteiger partial charge in [0.15, 0.2) is 0 Å². The summed E-state index contributed by atoms with van der Waals surface area (Å²) in [6, 6.07) is 12.9. The molecule has 1 saturated carbocycles. The van der Waals surface area contributed by atoms with E-state index in [1.54, 1.807) is 18.2 Å². The molecule has 28 heavy (non-hydrogen) atoms. The zero-order chi connectivity index (χ0) is 19.9. The summed E-state index contributed by atoms with van der Waals surface area (Å²) in [6.07, 6.45) is 0.000188. The number of rotatable bonds is 3. The lowest BCUT2D eigenvalue weighted by Crippen LogP contribution is -2.31. The van der Waals surface area contributed by atoms with Crippen LogP contribution >= 0.6 is 11.6 Å². The molecule has 0 radical (unpaired) electrons. The highest BCUT2D eigenvalue weighted by molar-refractivity contribution is 6.31. The van der Waals surface area contributed by atoms with E-state index in [-0.39, 0.29) is 37.5 Å². The third-order valence-electron chi connectivity index (χ3n) is 5.34. The van der Waals surface area contributed by atoms with Crippen LogP contribution in [-0.2, 0) is 11.8 Å². The van der Waals surface area contributed by atoms with Crippen LogP contribution in [0.2, 0.25) is 5.02 Å². The van der Waals surface area contributed by atoms with Crippen LogP contribution in [0, 0.1) is 5.92 Å². The van der Waals surface area contributed by atoms with Crippen molar-refractivity contribution in [3.63, 3.8) is 0 Å². The number of halogens is 3. The molecule has 7 heteroatoms. The number of aryl methyl sites for hydroxylation is 1. The molecule has 1 amide bonds. The summed E-state index contributed by atoms with van der Waals surface area (Å²) in [4.78, 5) is 17.0. The summed E-state index contributed by atoms with van der Waals surface area (Å²) in [7, 11) is 1.93. The molecule has 1 aliphatic carbocycles. The summed E-state index contributed by atoms with van der Waals surface area (Å²) in [5, 5.41) is 3.49. The first kappa shape index (κ1) is 18.9. The maximum absolute atomic E-state index is 13.3. The van der Waals surface area contributed by atoms with Crippen LogP contribution in [0.3, 0.4) is 0 Å². The van der Waals surface area contributed by atoms with E-state index in [1.807, 2.05) is 35.9 Å². The zero-order valence-electron chi connectivity index (χ0n) is 15.4. The SMILES string of the molecule is Cn1c(-c2ccc(NC(=O)C3CCC(F)(F)CC3)cc2)nc2ccc(Cl)cc21. The van der Waals surface area contributed by atoms with Gasteiger partial charge < -0.3 is 9.88 Å². The van der Waals surface area contributed by atoms with Crippen molar-refractivity contribution in [1.82, 2.24) is 9.55 Å². The second-order valence-electron chi connectivity index (χ2n) is 7.32. The number of hydrogen-bond acceptors (Lipinski definition) is 2. The molecule has 0 saturated heterocycles. The molecule has 3 aromatic rings. The van der Waals surface area contributed by atoms with Gasteiger partial charge in [0.25, 0.3) is 0 Å². The lowest BCUT2D eigenvalue weighted by Gasteiger charge is -2.27. The van der Waals surface area contributed by atoms with Crippen molar-refractivity contribution in [2.24, 2.45) is 13.0 Å². The monoisotopic (exact) mass is 403 g/mol. The molecular formula is C21H20ClF2N3O. The summed E-state index contributed by atoms with van der Waals surface area (Å²) in [5.41, 5.74) is 3.35. The fraction of sp³-hybridized carbons (Fsp3) is 0.333. The van der Waals surface area contributed by atoms with Gasteiger partial charge in [-0.25, -0.2) is 13.8 Å². The average molecular weight is 404 g/mol. The van der Waals surface area contributed by atoms with E-state index >= 15 is 0 Å². The fourth-order valence-corrected chi connectivity index (χ4v) is 3.84. The number of fused-ring (bicyclic) bond motifs is 1. The average Bonchev–Trinajstić information content (AvgIpc) is 2.98. The largest absolute Gasteiger partial charge is 0.327 e. The van der Waals surface area contributed by atoms with Crippen LogP contribution in [0.4, 0.5) is 14.5 Å². The van der Waals surface area contributed by atoms with Crippen LogP contribution in [-0.4, -0.2) is 21.4 Å². The second-order valence-corrected chi connectivity index (χ2v) is 7.76. The molecule has 4 rings (SSSR count). The molecule has 0 bridgehead atoms. The van der Waals surface area contributed by atoms with Gasteiger partial charge in [0, 0.05) is 42.1 Å². The third kappa shape index (κ3) is 3.74. The Hall–Kier alpha value is -2.47. The Morgan fingerprint density at radius 2 is 1.86 bits per heavy atom. The van der Waals surface area contributed by atoms with Crippen LogP contribution in [0.15, 0.2) is 42.5 Å². The number of anilines is 1. The van der Waals surface area contributed by atoms with Crippen LogP contribution in [0.5, 0.6) is 0 Å². The third-order valence-corrected chi connectivity index (χ3v) is 5.58. The molecule has 4 nitrogen and oxygen atoms in total. The summed E-state index contributed by atoms with van der Waals surface area (Å²) in [5.74, 6) is -2.39. The lowest BCUT2D eigenvalue weighted by atomic mass is 9.86. The van der Waals surface area contributed by atoms with Crippen molar-refractivity contribution < 1.29 is 13.6 Å². The predicted molar refractivity (Wildman–Crippen MR) is 107 cm³/mol. The van der Waals surface area contributed by atoms with Gasteiger partial charge in [-0.15, -0.1) is 0 Å². The number of nitrogens with one attached hydrogen (secondary N) is 1. The molecule has 1 heterocycles. The minimum absolute atomic E-state index is 0.194. The molecular weight excluding hydrogens is 384 g/mol. The number of hydrogen-bond donors (Lipinski definition) is 1. The van der Waals surface area contributed by atoms with E-state index in [4.69, 9.17) is 11.6 Å². The number of amides is 1. The van der Waals surface area contributed by atoms with Gasteiger partial charge in [-0.2, -0.15) is 0 Å². The number of nitrogens with zero attached hydrogens (tertiary/aromatic N) is 2. The van der Waals surface area contributed by atoms with Crippen LogP contribution in [0.1, 0.15) is 25.7 Å². The smallest absolute Gasteiger partial charge is 0.248 e. The Morgan fingerprint density at radius 3 is 2.54 bits per heavy atom. The molecule has 146 valence electrons. The van der Waals surface area contributed by atoms with Crippen molar-refractivity contribution in [3.05, 3.63) is 47.5 Å². The summed E-state index contributed by atoms with van der Waals surface area (Å²) in [6.45, 7) is 0. The van der Waals surface area contributed by atoms with Gasteiger partial charge in [0.2, 0.25) is 11.8 Å². The van der Waals surface area contributed by atoms with Crippen molar-refractivity contribution >= 4 is 34.2 Å². The molecule has 1 aromatic heterocycles. The van der Waals surface area contributed by atoms with E-state index in [9.17, 15) is 13.6 Å². The molecule has 1 fully saturated rings. The molecule has 0 spiro atoms. The van der Waals surface area contributed by atoms with Crippen LogP contribution < -0.4 is 5.32 Å². The topological polar surface area (TPSA) is 46.9 Å². The first-order chi connectivity index (χ1) is 13.3. The Bertz CT molecular complexity index is 1020. The zero-order valence-corrected chi connectivity index (χ0v) is 16.1. The maximum Gasteiger partial charge on any atom is 0.248 e. The van der Waals surface area contributed by atoms with E-state index < -0.39 is 5.92 Å². The standard InChI is InChI=1S/C21H20ClF2N3O/c1-27-18-12-15(22)4-7-17(18)26-19(27)13-2-5-16(6-3-13)25-20(28)14-8-10-21(23,24)11-9-14/h2-7,12,14H,8-11H2,1H3,(H,25,28). The van der Waals surface area contributed by atoms with Gasteiger partial charge >= 0.3 is 0 Å². The molecule has 0 aliphatic heterocycles. The molecule has 1 aliphatic rings. The van der Waals surface area contributed by atoms with Gasteiger partial charge in [-0.05, 0) is 55.3 Å². The van der Waals surface area contributed by atoms with E-state index in [1.165, 1.54) is 0 Å². The molecule has 0 atom stereocenters. The Morgan fingerprint density at radius 1 is 1.18 bits per heavy atom. The number of carbonyl (C=O) groups excluding carboxylic acids is 1. The van der Waals surface area contributed by atoms with Crippen molar-refractivity contribution in [3.8, 4) is 11.4 Å². The Kier molecular flexibility index (Phi) is 4.83. The lowest BCUT2D eigenvalue weighted by molar-refractivity contribution is -0.124. The highest BCUT2D eigenvalue weighted by Crippen LogP contribution is 2.36. The second kappa shape index (κ2) is 7.17. The van der Waals surface area contributed by atoms with Crippen molar-refractivity contribution in [2.45, 2.75) is 31.6 Å². The summed E-state index contributed by atoms with van der Waals surface area (Å²) >= 11 is 6.07. The first-order valence-electron chi connectivity index (χ1n) is 9.23. The number of benzene rings is 2. The van der Waals surface area contributed by atoms with E-state index in [2.05, 4.69) is 10.3 Å². The number of alkyl halides is 2. The van der Waals surface area contributed by atoms with Crippen molar-refractivity contribution in [1.29, 1.82) is 0 Å². The Labute approximate surface area is 166 Å². The van der Waals surface area contributed by atoms with E-state index in [0.717, 1.165) is 22.4 Å². The van der Waals surface area contributed by atoms with Crippen molar-refractivity contribution in [2.75, 3.05) is 5.32 Å². The van der Waals surface area contributed by atoms with Gasteiger partial charge in [-0.3, -0.25) is 4.79 Å². The number of aromatic nitrogens is 2. The minimum atomic E-state index is -2.63. The highest BCUT2D eigenvalue weighted by Gasteiger charge is 2.37. The van der Waals surface area contributed by atoms with E-state index in [0.29, 0.717) is 10.7 Å². The first-order valence-corrected chi connectivity index (χ1v) is 9.61. The Balaban J connectivity index is 1.49. The normalized spacial score (nSPS) is 17.0. The molecule has 2 aromatic carbocycles. The number of imidazole rings is 1. The fourth-order valence-electron chi connectivity index (χ4n) is 3.67. The molecule has 0 unspecified atom stereocenters. The van der Waals surface area contributed by atoms with Gasteiger partial charge in [0.05, 0.1) is 11.0 Å². The quantitative estimate of drug-likeness (QED) is 0.613.